The van der Waals surface area contributed by atoms with Gasteiger partial charge in [-0.1, -0.05) is 18.2 Å². The number of benzene rings is 1. The Morgan fingerprint density at radius 3 is 2.50 bits per heavy atom. The van der Waals surface area contributed by atoms with E-state index in [1.807, 2.05) is 0 Å². The van der Waals surface area contributed by atoms with E-state index >= 15 is 0 Å². The Balaban J connectivity index is 2.74. The van der Waals surface area contributed by atoms with Crippen LogP contribution in [0.15, 0.2) is 39.7 Å². The smallest absolute Gasteiger partial charge is 0.294 e. The van der Waals surface area contributed by atoms with Crippen molar-refractivity contribution in [1.82, 2.24) is 4.57 Å². The van der Waals surface area contributed by atoms with Crippen molar-refractivity contribution in [3.63, 3.8) is 0 Å². The van der Waals surface area contributed by atoms with Gasteiger partial charge in [0.25, 0.3) is 5.56 Å². The fourth-order valence-corrected chi connectivity index (χ4v) is 1.79. The number of aromatic nitrogens is 1. The molecule has 1 aromatic heterocycles. The second kappa shape index (κ2) is 4.98. The highest BCUT2D eigenvalue weighted by atomic mass is 79.9. The minimum Gasteiger partial charge on any atom is -0.450 e. The molecule has 0 spiro atoms. The Labute approximate surface area is 123 Å². The Morgan fingerprint density at radius 1 is 1.22 bits per heavy atom. The van der Waals surface area contributed by atoms with E-state index in [0.29, 0.717) is 4.47 Å². The summed E-state index contributed by atoms with van der Waals surface area (Å²) in [5.41, 5.74) is -1.07. The van der Waals surface area contributed by atoms with Crippen molar-refractivity contribution in [1.29, 1.82) is 0 Å². The van der Waals surface area contributed by atoms with E-state index in [2.05, 4.69) is 15.9 Å². The van der Waals surface area contributed by atoms with Crippen LogP contribution in [0.3, 0.4) is 0 Å². The van der Waals surface area contributed by atoms with E-state index in [1.165, 1.54) is 36.0 Å². The van der Waals surface area contributed by atoms with Crippen LogP contribution in [0, 0.1) is 13.7 Å². The van der Waals surface area contributed by atoms with Gasteiger partial charge >= 0.3 is 0 Å². The van der Waals surface area contributed by atoms with Crippen LogP contribution in [0.5, 0.6) is 11.5 Å². The Morgan fingerprint density at radius 2 is 1.89 bits per heavy atom. The molecular weight excluding hydrogens is 294 g/mol. The molecule has 0 fully saturated rings. The lowest BCUT2D eigenvalue weighted by Gasteiger charge is -2.12. The number of hydrogen-bond acceptors (Lipinski definition) is 2. The summed E-state index contributed by atoms with van der Waals surface area (Å²) in [7, 11) is 1.50. The molecule has 3 nitrogen and oxygen atoms in total. The van der Waals surface area contributed by atoms with Gasteiger partial charge in [-0.3, -0.25) is 4.79 Å². The summed E-state index contributed by atoms with van der Waals surface area (Å²) in [5.74, 6) is -0.524. The number of pyridine rings is 1. The maximum absolute atomic E-state index is 12.2. The van der Waals surface area contributed by atoms with E-state index in [-0.39, 0.29) is 22.6 Å². The second-order valence-corrected chi connectivity index (χ2v) is 4.55. The first-order valence-corrected chi connectivity index (χ1v) is 5.89. The van der Waals surface area contributed by atoms with Crippen LogP contribution in [0.2, 0.25) is 0 Å². The standard InChI is InChI=1S/C14H14BrNO2/c1-9-5-4-6-10(2)12(9)18-13-11(15)7-8-16(3)14(13)17/h4-8H,1-3H3/i1D3,2D3. The lowest BCUT2D eigenvalue weighted by molar-refractivity contribution is 0.459. The molecule has 2 aromatic rings. The summed E-state index contributed by atoms with van der Waals surface area (Å²) >= 11 is 3.17. The van der Waals surface area contributed by atoms with Crippen molar-refractivity contribution in [2.45, 2.75) is 13.7 Å². The minimum absolute atomic E-state index is 0.179. The summed E-state index contributed by atoms with van der Waals surface area (Å²) in [6.45, 7) is -5.19. The molecule has 4 heteroatoms. The molecule has 1 aromatic carbocycles. The molecule has 0 unspecified atom stereocenters. The average Bonchev–Trinajstić information content (AvgIpc) is 2.45. The van der Waals surface area contributed by atoms with Gasteiger partial charge in [0, 0.05) is 21.5 Å². The van der Waals surface area contributed by atoms with E-state index in [1.54, 1.807) is 6.07 Å². The van der Waals surface area contributed by atoms with E-state index in [9.17, 15) is 4.79 Å². The summed E-state index contributed by atoms with van der Waals surface area (Å²) in [6.07, 6.45) is 1.50. The predicted molar refractivity (Wildman–Crippen MR) is 75.4 cm³/mol. The van der Waals surface area contributed by atoms with Gasteiger partial charge in [-0.25, -0.2) is 0 Å². The first kappa shape index (κ1) is 7.14. The first-order valence-electron chi connectivity index (χ1n) is 8.10. The summed E-state index contributed by atoms with van der Waals surface area (Å²) < 4.78 is 52.7. The van der Waals surface area contributed by atoms with Crippen LogP contribution in [0.25, 0.3) is 0 Å². The SMILES string of the molecule is [2H]C([2H])([2H])c1cccc(C([2H])([2H])[2H])c1Oc1c(Br)ccn(C)c1=O. The van der Waals surface area contributed by atoms with Gasteiger partial charge in [0.05, 0.1) is 4.47 Å². The van der Waals surface area contributed by atoms with Crippen LogP contribution in [0.4, 0.5) is 0 Å². The summed E-state index contributed by atoms with van der Waals surface area (Å²) in [5, 5.41) is 0. The van der Waals surface area contributed by atoms with Crippen molar-refractivity contribution in [2.75, 3.05) is 0 Å². The van der Waals surface area contributed by atoms with Gasteiger partial charge in [-0.05, 0) is 46.8 Å². The quantitative estimate of drug-likeness (QED) is 0.849. The molecule has 18 heavy (non-hydrogen) atoms. The molecule has 1 heterocycles. The number of nitrogens with zero attached hydrogens (tertiary/aromatic N) is 1. The first-order chi connectivity index (χ1) is 10.9. The number of rotatable bonds is 2. The third-order valence-corrected chi connectivity index (χ3v) is 3.02. The summed E-state index contributed by atoms with van der Waals surface area (Å²) in [6, 6.07) is 5.41. The van der Waals surface area contributed by atoms with Crippen molar-refractivity contribution in [3.8, 4) is 11.5 Å². The predicted octanol–water partition coefficient (Wildman–Crippen LogP) is 3.56. The van der Waals surface area contributed by atoms with Gasteiger partial charge < -0.3 is 9.30 Å². The Bertz CT molecular complexity index is 793. The van der Waals surface area contributed by atoms with Crippen LogP contribution < -0.4 is 10.3 Å². The molecule has 2 rings (SSSR count). The number of ether oxygens (including phenoxy) is 1. The zero-order valence-electron chi connectivity index (χ0n) is 15.5. The van der Waals surface area contributed by atoms with Gasteiger partial charge in [0.15, 0.2) is 0 Å². The van der Waals surface area contributed by atoms with Crippen molar-refractivity contribution >= 4 is 15.9 Å². The van der Waals surface area contributed by atoms with E-state index < -0.39 is 19.3 Å². The molecule has 0 aliphatic rings. The molecule has 0 aliphatic carbocycles. The molecule has 0 radical (unpaired) electrons. The highest BCUT2D eigenvalue weighted by molar-refractivity contribution is 9.10. The molecule has 94 valence electrons. The van der Waals surface area contributed by atoms with Crippen LogP contribution in [-0.4, -0.2) is 4.57 Å². The maximum atomic E-state index is 12.2. The third kappa shape index (κ3) is 2.34. The number of aryl methyl sites for hydroxylation is 3. The normalized spacial score (nSPS) is 16.8. The lowest BCUT2D eigenvalue weighted by atomic mass is 10.1. The zero-order chi connectivity index (χ0) is 18.3. The third-order valence-electron chi connectivity index (χ3n) is 2.40. The Hall–Kier alpha value is -1.55. The van der Waals surface area contributed by atoms with Gasteiger partial charge in [0.2, 0.25) is 5.75 Å². The van der Waals surface area contributed by atoms with E-state index in [0.717, 1.165) is 0 Å². The monoisotopic (exact) mass is 313 g/mol. The maximum Gasteiger partial charge on any atom is 0.294 e. The van der Waals surface area contributed by atoms with Crippen LogP contribution in [-0.2, 0) is 7.05 Å². The molecule has 0 saturated carbocycles. The van der Waals surface area contributed by atoms with Crippen molar-refractivity contribution < 1.29 is 13.0 Å². The van der Waals surface area contributed by atoms with Gasteiger partial charge in [0.1, 0.15) is 5.75 Å². The summed E-state index contributed by atoms with van der Waals surface area (Å²) in [4.78, 5) is 12.2. The average molecular weight is 314 g/mol. The van der Waals surface area contributed by atoms with Crippen LogP contribution >= 0.6 is 15.9 Å². The molecule has 0 amide bonds. The molecule has 0 atom stereocenters. The van der Waals surface area contributed by atoms with Crippen molar-refractivity contribution in [2.24, 2.45) is 7.05 Å². The molecular formula is C14H14BrNO2. The highest BCUT2D eigenvalue weighted by Crippen LogP contribution is 2.30. The lowest BCUT2D eigenvalue weighted by Crippen LogP contribution is -2.17. The molecule has 0 saturated heterocycles. The van der Waals surface area contributed by atoms with Crippen molar-refractivity contribution in [3.05, 3.63) is 56.4 Å². The second-order valence-electron chi connectivity index (χ2n) is 3.69. The van der Waals surface area contributed by atoms with Crippen LogP contribution in [0.1, 0.15) is 19.4 Å². The molecule has 0 bridgehead atoms. The number of hydrogen-bond donors (Lipinski definition) is 0. The number of halogens is 1. The minimum atomic E-state index is -2.59. The topological polar surface area (TPSA) is 31.2 Å². The van der Waals surface area contributed by atoms with Gasteiger partial charge in [-0.15, -0.1) is 0 Å². The van der Waals surface area contributed by atoms with Gasteiger partial charge in [-0.2, -0.15) is 0 Å². The fraction of sp³-hybridized carbons (Fsp3) is 0.214. The zero-order valence-corrected chi connectivity index (χ0v) is 11.1. The number of para-hydroxylation sites is 1. The Kier molecular flexibility index (Phi) is 1.98. The molecule has 0 aliphatic heterocycles. The largest absolute Gasteiger partial charge is 0.450 e. The fourth-order valence-electron chi connectivity index (χ4n) is 1.42. The molecule has 0 N–H and O–H groups in total. The van der Waals surface area contributed by atoms with E-state index in [4.69, 9.17) is 13.0 Å². The highest BCUT2D eigenvalue weighted by Gasteiger charge is 2.12.